The molecule has 1 heterocycles. The Labute approximate surface area is 106 Å². The normalized spacial score (nSPS) is 24.8. The van der Waals surface area contributed by atoms with Crippen LogP contribution in [0.3, 0.4) is 0 Å². The van der Waals surface area contributed by atoms with Gasteiger partial charge in [0.05, 0.1) is 5.60 Å². The fourth-order valence-corrected chi connectivity index (χ4v) is 2.33. The van der Waals surface area contributed by atoms with Gasteiger partial charge in [-0.05, 0) is 33.1 Å². The quantitative estimate of drug-likeness (QED) is 0.749. The molecule has 1 unspecified atom stereocenters. The number of rotatable bonds is 4. The van der Waals surface area contributed by atoms with Crippen molar-refractivity contribution in [2.45, 2.75) is 72.6 Å². The summed E-state index contributed by atoms with van der Waals surface area (Å²) >= 11 is 0. The molecule has 0 aliphatic carbocycles. The summed E-state index contributed by atoms with van der Waals surface area (Å²) in [6, 6.07) is 0. The lowest BCUT2D eigenvalue weighted by Gasteiger charge is -2.35. The Bertz CT molecular complexity index is 271. The fourth-order valence-electron chi connectivity index (χ4n) is 2.33. The summed E-state index contributed by atoms with van der Waals surface area (Å²) in [4.78, 5) is 0. The van der Waals surface area contributed by atoms with E-state index in [1.807, 2.05) is 0 Å². The molecule has 3 nitrogen and oxygen atoms in total. The summed E-state index contributed by atoms with van der Waals surface area (Å²) in [7, 11) is 0. The van der Waals surface area contributed by atoms with Gasteiger partial charge in [0.1, 0.15) is 6.23 Å². The average Bonchev–Trinajstić information content (AvgIpc) is 2.30. The molecule has 1 atom stereocenters. The Hall–Kier alpha value is -0.570. The van der Waals surface area contributed by atoms with Gasteiger partial charge in [-0.15, -0.1) is 0 Å². The first kappa shape index (κ1) is 14.5. The van der Waals surface area contributed by atoms with Crippen molar-refractivity contribution >= 4 is 5.71 Å². The molecule has 0 amide bonds. The van der Waals surface area contributed by atoms with E-state index in [0.29, 0.717) is 5.92 Å². The van der Waals surface area contributed by atoms with Crippen molar-refractivity contribution in [1.29, 1.82) is 0 Å². The van der Waals surface area contributed by atoms with Crippen LogP contribution in [-0.4, -0.2) is 29.1 Å². The molecule has 0 fully saturated rings. The van der Waals surface area contributed by atoms with Gasteiger partial charge in [-0.1, -0.05) is 27.2 Å². The lowest BCUT2D eigenvalue weighted by atomic mass is 10.0. The summed E-state index contributed by atoms with van der Waals surface area (Å²) < 4.78 is 6.25. The van der Waals surface area contributed by atoms with Crippen molar-refractivity contribution in [2.24, 2.45) is 11.0 Å². The summed E-state index contributed by atoms with van der Waals surface area (Å²) in [6.45, 7) is 14.0. The zero-order chi connectivity index (χ0) is 13.1. The minimum atomic E-state index is -0.108. The number of hydrazone groups is 1. The van der Waals surface area contributed by atoms with Crippen molar-refractivity contribution in [1.82, 2.24) is 5.01 Å². The Morgan fingerprint density at radius 1 is 1.47 bits per heavy atom. The molecule has 1 rings (SSSR count). The lowest BCUT2D eigenvalue weighted by molar-refractivity contribution is -0.151. The molecule has 3 heteroatoms. The van der Waals surface area contributed by atoms with E-state index in [0.717, 1.165) is 13.0 Å². The van der Waals surface area contributed by atoms with Crippen LogP contribution in [0.15, 0.2) is 5.10 Å². The van der Waals surface area contributed by atoms with Crippen molar-refractivity contribution in [3.8, 4) is 0 Å². The van der Waals surface area contributed by atoms with E-state index in [1.54, 1.807) is 0 Å². The van der Waals surface area contributed by atoms with Crippen LogP contribution in [0.25, 0.3) is 0 Å². The van der Waals surface area contributed by atoms with Crippen LogP contribution >= 0.6 is 0 Å². The molecule has 1 aliphatic rings. The number of unbranched alkanes of at least 4 members (excludes halogenated alkanes) is 1. The van der Waals surface area contributed by atoms with E-state index >= 15 is 0 Å². The minimum absolute atomic E-state index is 0.106. The molecule has 0 aromatic heterocycles. The predicted octanol–water partition coefficient (Wildman–Crippen LogP) is 3.65. The zero-order valence-electron chi connectivity index (χ0n) is 12.3. The number of hydrogen-bond donors (Lipinski definition) is 0. The molecule has 0 radical (unpaired) electrons. The van der Waals surface area contributed by atoms with Gasteiger partial charge in [0.2, 0.25) is 0 Å². The van der Waals surface area contributed by atoms with E-state index in [1.165, 1.54) is 18.6 Å². The summed E-state index contributed by atoms with van der Waals surface area (Å²) in [6.07, 6.45) is 3.39. The van der Waals surface area contributed by atoms with E-state index in [2.05, 4.69) is 46.6 Å². The summed E-state index contributed by atoms with van der Waals surface area (Å²) in [5, 5.41) is 6.89. The van der Waals surface area contributed by atoms with Crippen LogP contribution in [0.5, 0.6) is 0 Å². The van der Waals surface area contributed by atoms with Gasteiger partial charge < -0.3 is 4.74 Å². The summed E-state index contributed by atoms with van der Waals surface area (Å²) in [5.41, 5.74) is 1.07. The van der Waals surface area contributed by atoms with Gasteiger partial charge >= 0.3 is 0 Å². The number of hydrogen-bond acceptors (Lipinski definition) is 3. The SMILES string of the molecule is CCCCN1N=C(C)CC(C)(C)OC1C(C)C. The van der Waals surface area contributed by atoms with E-state index < -0.39 is 0 Å². The highest BCUT2D eigenvalue weighted by Gasteiger charge is 2.32. The lowest BCUT2D eigenvalue weighted by Crippen LogP contribution is -2.42. The van der Waals surface area contributed by atoms with Crippen molar-refractivity contribution in [3.05, 3.63) is 0 Å². The van der Waals surface area contributed by atoms with Crippen LogP contribution in [0.2, 0.25) is 0 Å². The minimum Gasteiger partial charge on any atom is -0.350 e. The van der Waals surface area contributed by atoms with Gasteiger partial charge in [-0.2, -0.15) is 5.10 Å². The number of nitrogens with zero attached hydrogens (tertiary/aromatic N) is 2. The van der Waals surface area contributed by atoms with Gasteiger partial charge in [-0.25, -0.2) is 0 Å². The molecule has 17 heavy (non-hydrogen) atoms. The van der Waals surface area contributed by atoms with Crippen LogP contribution in [0, 0.1) is 5.92 Å². The van der Waals surface area contributed by atoms with Crippen molar-refractivity contribution in [3.63, 3.8) is 0 Å². The third-order valence-electron chi connectivity index (χ3n) is 3.03. The van der Waals surface area contributed by atoms with E-state index in [9.17, 15) is 0 Å². The third-order valence-corrected chi connectivity index (χ3v) is 3.03. The first-order valence-corrected chi connectivity index (χ1v) is 6.84. The molecular formula is C14H28N2O. The van der Waals surface area contributed by atoms with Gasteiger partial charge in [-0.3, -0.25) is 5.01 Å². The Kier molecular flexibility index (Phi) is 4.99. The molecule has 1 aliphatic heterocycles. The molecular weight excluding hydrogens is 212 g/mol. The monoisotopic (exact) mass is 240 g/mol. The van der Waals surface area contributed by atoms with E-state index in [-0.39, 0.29) is 11.8 Å². The molecule has 0 bridgehead atoms. The van der Waals surface area contributed by atoms with E-state index in [4.69, 9.17) is 9.84 Å². The second-order valence-electron chi connectivity index (χ2n) is 6.04. The van der Waals surface area contributed by atoms with Crippen LogP contribution in [-0.2, 0) is 4.74 Å². The Morgan fingerprint density at radius 3 is 2.65 bits per heavy atom. The van der Waals surface area contributed by atoms with Crippen LogP contribution < -0.4 is 0 Å². The molecule has 0 spiro atoms. The topological polar surface area (TPSA) is 24.8 Å². The zero-order valence-corrected chi connectivity index (χ0v) is 12.3. The second kappa shape index (κ2) is 5.85. The molecule has 0 aromatic rings. The largest absolute Gasteiger partial charge is 0.350 e. The van der Waals surface area contributed by atoms with Gasteiger partial charge in [0, 0.05) is 18.7 Å². The standard InChI is InChI=1S/C14H28N2O/c1-7-8-9-16-13(11(2)3)17-14(5,6)10-12(4)15-16/h11,13H,7-10H2,1-6H3. The first-order valence-electron chi connectivity index (χ1n) is 6.84. The first-order chi connectivity index (χ1) is 7.85. The van der Waals surface area contributed by atoms with Gasteiger partial charge in [0.15, 0.2) is 0 Å². The maximum atomic E-state index is 6.25. The third kappa shape index (κ3) is 4.30. The molecule has 0 N–H and O–H groups in total. The second-order valence-corrected chi connectivity index (χ2v) is 6.04. The molecule has 0 saturated carbocycles. The predicted molar refractivity (Wildman–Crippen MR) is 73.1 cm³/mol. The van der Waals surface area contributed by atoms with Crippen LogP contribution in [0.4, 0.5) is 0 Å². The van der Waals surface area contributed by atoms with Crippen LogP contribution in [0.1, 0.15) is 60.8 Å². The smallest absolute Gasteiger partial charge is 0.148 e. The number of ether oxygens (including phenoxy) is 1. The Morgan fingerprint density at radius 2 is 2.12 bits per heavy atom. The summed E-state index contributed by atoms with van der Waals surface area (Å²) in [5.74, 6) is 0.459. The van der Waals surface area contributed by atoms with Crippen molar-refractivity contribution < 1.29 is 4.74 Å². The fraction of sp³-hybridized carbons (Fsp3) is 0.929. The maximum Gasteiger partial charge on any atom is 0.148 e. The highest BCUT2D eigenvalue weighted by Crippen LogP contribution is 2.27. The Balaban J connectivity index is 2.86. The highest BCUT2D eigenvalue weighted by atomic mass is 16.5. The van der Waals surface area contributed by atoms with Gasteiger partial charge in [0.25, 0.3) is 0 Å². The highest BCUT2D eigenvalue weighted by molar-refractivity contribution is 5.82. The molecule has 0 aromatic carbocycles. The average molecular weight is 240 g/mol. The maximum absolute atomic E-state index is 6.25. The molecule has 100 valence electrons. The van der Waals surface area contributed by atoms with Crippen molar-refractivity contribution in [2.75, 3.05) is 6.54 Å². The molecule has 0 saturated heterocycles.